The maximum Gasteiger partial charge on any atom is 0.335 e. The van der Waals surface area contributed by atoms with Gasteiger partial charge >= 0.3 is 6.03 Å². The van der Waals surface area contributed by atoms with Crippen LogP contribution in [-0.2, 0) is 16.1 Å². The van der Waals surface area contributed by atoms with Gasteiger partial charge in [0.15, 0.2) is 0 Å². The number of nitrogens with zero attached hydrogens (tertiary/aromatic N) is 2. The van der Waals surface area contributed by atoms with Crippen molar-refractivity contribution < 1.29 is 19.1 Å². The highest BCUT2D eigenvalue weighted by Crippen LogP contribution is 2.28. The fourth-order valence-electron chi connectivity index (χ4n) is 4.15. The molecule has 1 fully saturated rings. The van der Waals surface area contributed by atoms with Crippen LogP contribution in [0.3, 0.4) is 0 Å². The normalized spacial score (nSPS) is 14.9. The second kappa shape index (κ2) is 10.5. The van der Waals surface area contributed by atoms with E-state index in [0.717, 1.165) is 32.0 Å². The molecule has 2 heterocycles. The Kier molecular flexibility index (Phi) is 7.03. The number of thioether (sulfide) groups is 1. The molecule has 0 saturated carbocycles. The predicted octanol–water partition coefficient (Wildman–Crippen LogP) is 5.76. The van der Waals surface area contributed by atoms with E-state index >= 15 is 0 Å². The molecule has 0 bridgehead atoms. The number of hydrogen-bond acceptors (Lipinski definition) is 5. The molecule has 4 aromatic rings. The van der Waals surface area contributed by atoms with Gasteiger partial charge in [0.05, 0.1) is 12.8 Å². The van der Waals surface area contributed by atoms with Crippen molar-refractivity contribution in [1.29, 1.82) is 0 Å². The molecule has 37 heavy (non-hydrogen) atoms. The predicted molar refractivity (Wildman–Crippen MR) is 146 cm³/mol. The van der Waals surface area contributed by atoms with E-state index < -0.39 is 17.8 Å². The number of aryl methyl sites for hydroxylation is 1. The summed E-state index contributed by atoms with van der Waals surface area (Å²) in [5, 5.41) is 3.88. The van der Waals surface area contributed by atoms with E-state index in [2.05, 4.69) is 9.88 Å². The number of rotatable bonds is 7. The van der Waals surface area contributed by atoms with Gasteiger partial charge in [-0.3, -0.25) is 14.9 Å². The van der Waals surface area contributed by atoms with Gasteiger partial charge in [-0.05, 0) is 60.7 Å². The van der Waals surface area contributed by atoms with Gasteiger partial charge in [-0.25, -0.2) is 9.69 Å². The molecule has 4 amide bonds. The molecular formula is C28H22ClN3O4S. The van der Waals surface area contributed by atoms with Crippen LogP contribution >= 0.6 is 23.4 Å². The quantitative estimate of drug-likeness (QED) is 0.186. The first-order valence-corrected chi connectivity index (χ1v) is 12.8. The number of urea groups is 1. The van der Waals surface area contributed by atoms with E-state index in [-0.39, 0.29) is 5.57 Å². The van der Waals surface area contributed by atoms with Crippen LogP contribution in [-0.4, -0.2) is 35.3 Å². The number of anilines is 1. The van der Waals surface area contributed by atoms with Crippen LogP contribution in [0.5, 0.6) is 5.75 Å². The van der Waals surface area contributed by atoms with Crippen LogP contribution in [0.1, 0.15) is 5.56 Å². The van der Waals surface area contributed by atoms with Crippen molar-refractivity contribution >= 4 is 63.9 Å². The number of barbiturate groups is 1. The molecule has 0 atom stereocenters. The number of halogens is 1. The lowest BCUT2D eigenvalue weighted by Crippen LogP contribution is -2.54. The summed E-state index contributed by atoms with van der Waals surface area (Å²) >= 11 is 7.69. The maximum atomic E-state index is 13.3. The number of carbonyl (C=O) groups excluding carboxylic acids is 3. The molecule has 0 unspecified atom stereocenters. The molecule has 1 aromatic heterocycles. The van der Waals surface area contributed by atoms with Gasteiger partial charge in [0.1, 0.15) is 11.3 Å². The van der Waals surface area contributed by atoms with Crippen molar-refractivity contribution in [3.63, 3.8) is 0 Å². The summed E-state index contributed by atoms with van der Waals surface area (Å²) in [6, 6.07) is 21.2. The van der Waals surface area contributed by atoms with Gasteiger partial charge in [-0.2, -0.15) is 0 Å². The summed E-state index contributed by atoms with van der Waals surface area (Å²) in [6.07, 6.45) is 3.47. The van der Waals surface area contributed by atoms with Crippen molar-refractivity contribution in [2.45, 2.75) is 11.4 Å². The summed E-state index contributed by atoms with van der Waals surface area (Å²) in [6.45, 7) is 0.716. The maximum absolute atomic E-state index is 13.3. The number of ether oxygens (including phenoxy) is 1. The second-order valence-electron chi connectivity index (χ2n) is 8.25. The van der Waals surface area contributed by atoms with Crippen molar-refractivity contribution in [1.82, 2.24) is 9.88 Å². The number of amides is 4. The van der Waals surface area contributed by atoms with E-state index in [1.54, 1.807) is 42.1 Å². The highest BCUT2D eigenvalue weighted by Gasteiger charge is 2.37. The third-order valence-corrected chi connectivity index (χ3v) is 7.21. The van der Waals surface area contributed by atoms with Gasteiger partial charge in [0.2, 0.25) is 0 Å². The summed E-state index contributed by atoms with van der Waals surface area (Å²) in [7, 11) is 1.53. The molecule has 7 nitrogen and oxygen atoms in total. The zero-order chi connectivity index (χ0) is 25.9. The van der Waals surface area contributed by atoms with Gasteiger partial charge < -0.3 is 9.30 Å². The first-order chi connectivity index (χ1) is 17.9. The number of benzene rings is 3. The van der Waals surface area contributed by atoms with Crippen molar-refractivity contribution in [3.05, 3.63) is 95.2 Å². The minimum Gasteiger partial charge on any atom is -0.497 e. The Hall–Kier alpha value is -4.01. The Morgan fingerprint density at radius 2 is 1.70 bits per heavy atom. The van der Waals surface area contributed by atoms with Crippen molar-refractivity contribution in [3.8, 4) is 5.75 Å². The summed E-state index contributed by atoms with van der Waals surface area (Å²) in [5.41, 5.74) is 1.92. The Morgan fingerprint density at radius 1 is 0.973 bits per heavy atom. The van der Waals surface area contributed by atoms with Crippen LogP contribution in [0.25, 0.3) is 17.0 Å². The van der Waals surface area contributed by atoms with Crippen molar-refractivity contribution in [2.24, 2.45) is 0 Å². The molecule has 1 saturated heterocycles. The number of imide groups is 2. The SMILES string of the molecule is COc1ccc(N2C(=O)NC(=O)/C(=C\c3cn(CCSc4ccc(Cl)cc4)c4ccccc34)C2=O)cc1. The highest BCUT2D eigenvalue weighted by atomic mass is 35.5. The number of nitrogens with one attached hydrogen (secondary N) is 1. The standard InChI is InChI=1S/C28H22ClN3O4S/c1-36-21-10-8-20(9-11-21)32-27(34)24(26(33)30-28(32)35)16-18-17-31(25-5-3-2-4-23(18)25)14-15-37-22-12-6-19(29)7-13-22/h2-13,16-17H,14-15H2,1H3,(H,30,33,35)/b24-16+. The monoisotopic (exact) mass is 531 g/mol. The number of para-hydroxylation sites is 1. The largest absolute Gasteiger partial charge is 0.497 e. The lowest BCUT2D eigenvalue weighted by Gasteiger charge is -2.26. The van der Waals surface area contributed by atoms with Crippen LogP contribution < -0.4 is 15.0 Å². The summed E-state index contributed by atoms with van der Waals surface area (Å²) in [4.78, 5) is 40.6. The van der Waals surface area contributed by atoms with Crippen LogP contribution in [0, 0.1) is 0 Å². The summed E-state index contributed by atoms with van der Waals surface area (Å²) < 4.78 is 7.25. The number of fused-ring (bicyclic) bond motifs is 1. The topological polar surface area (TPSA) is 80.6 Å². The Morgan fingerprint density at radius 3 is 2.43 bits per heavy atom. The fourth-order valence-corrected chi connectivity index (χ4v) is 5.12. The third kappa shape index (κ3) is 5.12. The molecular weight excluding hydrogens is 510 g/mol. The van der Waals surface area contributed by atoms with Gasteiger partial charge in [0.25, 0.3) is 11.8 Å². The van der Waals surface area contributed by atoms with E-state index in [4.69, 9.17) is 16.3 Å². The highest BCUT2D eigenvalue weighted by molar-refractivity contribution is 7.99. The molecule has 0 radical (unpaired) electrons. The first kappa shape index (κ1) is 24.7. The molecule has 1 aliphatic rings. The Bertz CT molecular complexity index is 1530. The van der Waals surface area contributed by atoms with E-state index in [0.29, 0.717) is 23.0 Å². The second-order valence-corrected chi connectivity index (χ2v) is 9.86. The molecule has 1 N–H and O–H groups in total. The van der Waals surface area contributed by atoms with Crippen LogP contribution in [0.2, 0.25) is 5.02 Å². The number of methoxy groups -OCH3 is 1. The third-order valence-electron chi connectivity index (χ3n) is 5.97. The number of carbonyl (C=O) groups is 3. The van der Waals surface area contributed by atoms with Gasteiger partial charge in [-0.15, -0.1) is 11.8 Å². The fraction of sp³-hybridized carbons (Fsp3) is 0.107. The Balaban J connectivity index is 1.43. The number of aromatic nitrogens is 1. The number of hydrogen-bond donors (Lipinski definition) is 1. The van der Waals surface area contributed by atoms with E-state index in [1.165, 1.54) is 7.11 Å². The average Bonchev–Trinajstić information content (AvgIpc) is 3.25. The lowest BCUT2D eigenvalue weighted by atomic mass is 10.1. The molecule has 5 rings (SSSR count). The first-order valence-electron chi connectivity index (χ1n) is 11.5. The minimum absolute atomic E-state index is 0.117. The van der Waals surface area contributed by atoms with Gasteiger partial charge in [-0.1, -0.05) is 29.8 Å². The summed E-state index contributed by atoms with van der Waals surface area (Å²) in [5.74, 6) is -0.0124. The van der Waals surface area contributed by atoms with Crippen LogP contribution in [0.15, 0.2) is 89.5 Å². The van der Waals surface area contributed by atoms with Crippen LogP contribution in [0.4, 0.5) is 10.5 Å². The minimum atomic E-state index is -0.793. The molecule has 9 heteroatoms. The zero-order valence-corrected chi connectivity index (χ0v) is 21.4. The Labute approximate surface area is 222 Å². The molecule has 0 spiro atoms. The zero-order valence-electron chi connectivity index (χ0n) is 19.8. The smallest absolute Gasteiger partial charge is 0.335 e. The van der Waals surface area contributed by atoms with Crippen molar-refractivity contribution in [2.75, 3.05) is 17.8 Å². The van der Waals surface area contributed by atoms with E-state index in [1.807, 2.05) is 54.7 Å². The lowest BCUT2D eigenvalue weighted by molar-refractivity contribution is -0.122. The molecule has 1 aliphatic heterocycles. The van der Waals surface area contributed by atoms with E-state index in [9.17, 15) is 14.4 Å². The van der Waals surface area contributed by atoms with Gasteiger partial charge in [0, 0.05) is 44.9 Å². The molecule has 186 valence electrons. The molecule has 0 aliphatic carbocycles. The average molecular weight is 532 g/mol. The molecule has 3 aromatic carbocycles.